The molecule has 0 atom stereocenters. The highest BCUT2D eigenvalue weighted by Crippen LogP contribution is 2.42. The normalized spacial score (nSPS) is 24.0. The number of hydrogen-bond donors (Lipinski definition) is 2. The largest absolute Gasteiger partial charge is 0.357 e. The molecule has 2 N–H and O–H groups in total. The van der Waals surface area contributed by atoms with Crippen LogP contribution >= 0.6 is 11.8 Å². The van der Waals surface area contributed by atoms with Crippen LogP contribution in [0, 0.1) is 5.92 Å². The molecular weight excluding hydrogens is 320 g/mol. The third kappa shape index (κ3) is 4.80. The van der Waals surface area contributed by atoms with Crippen LogP contribution in [0.15, 0.2) is 4.99 Å². The molecule has 0 aromatic carbocycles. The molecule has 0 aromatic heterocycles. The average Bonchev–Trinajstić information content (AvgIpc) is 3.43. The van der Waals surface area contributed by atoms with Crippen LogP contribution in [0.4, 0.5) is 0 Å². The second-order valence-corrected chi connectivity index (χ2v) is 8.88. The van der Waals surface area contributed by atoms with Crippen molar-refractivity contribution >= 4 is 23.6 Å². The van der Waals surface area contributed by atoms with Gasteiger partial charge in [-0.25, -0.2) is 0 Å². The Balaban J connectivity index is 1.52. The predicted octanol–water partition coefficient (Wildman–Crippen LogP) is 2.23. The second kappa shape index (κ2) is 8.45. The zero-order chi connectivity index (χ0) is 16.8. The van der Waals surface area contributed by atoms with E-state index in [0.29, 0.717) is 17.8 Å². The number of guanidine groups is 1. The van der Waals surface area contributed by atoms with Gasteiger partial charge in [-0.2, -0.15) is 11.8 Å². The molecule has 5 nitrogen and oxygen atoms in total. The monoisotopic (exact) mass is 352 g/mol. The van der Waals surface area contributed by atoms with Gasteiger partial charge < -0.3 is 15.5 Å². The van der Waals surface area contributed by atoms with Crippen molar-refractivity contribution in [2.24, 2.45) is 10.9 Å². The molecule has 2 saturated carbocycles. The van der Waals surface area contributed by atoms with Gasteiger partial charge in [-0.15, -0.1) is 0 Å². The minimum atomic E-state index is 0.214. The van der Waals surface area contributed by atoms with Crippen LogP contribution in [-0.2, 0) is 4.79 Å². The summed E-state index contributed by atoms with van der Waals surface area (Å²) in [7, 11) is 0. The summed E-state index contributed by atoms with van der Waals surface area (Å²) in [6.07, 6.45) is 8.98. The summed E-state index contributed by atoms with van der Waals surface area (Å²) in [6, 6.07) is 0. The number of carbonyl (C=O) groups is 1. The highest BCUT2D eigenvalue weighted by Gasteiger charge is 2.38. The van der Waals surface area contributed by atoms with E-state index < -0.39 is 0 Å². The van der Waals surface area contributed by atoms with E-state index >= 15 is 0 Å². The fourth-order valence-corrected chi connectivity index (χ4v) is 5.35. The quantitative estimate of drug-likeness (QED) is 0.453. The molecule has 0 radical (unpaired) electrons. The van der Waals surface area contributed by atoms with Crippen molar-refractivity contribution in [3.63, 3.8) is 0 Å². The van der Waals surface area contributed by atoms with Gasteiger partial charge in [0, 0.05) is 42.6 Å². The van der Waals surface area contributed by atoms with Crippen molar-refractivity contribution in [2.75, 3.05) is 38.5 Å². The fraction of sp³-hybridized carbons (Fsp3) is 0.889. The highest BCUT2D eigenvalue weighted by molar-refractivity contribution is 8.00. The Kier molecular flexibility index (Phi) is 6.31. The molecule has 1 spiro atoms. The lowest BCUT2D eigenvalue weighted by molar-refractivity contribution is -0.122. The third-order valence-corrected chi connectivity index (χ3v) is 6.80. The van der Waals surface area contributed by atoms with Gasteiger partial charge in [0.15, 0.2) is 5.96 Å². The van der Waals surface area contributed by atoms with Gasteiger partial charge >= 0.3 is 0 Å². The maximum Gasteiger partial charge on any atom is 0.223 e. The Morgan fingerprint density at radius 2 is 2.04 bits per heavy atom. The summed E-state index contributed by atoms with van der Waals surface area (Å²) in [6.45, 7) is 6.53. The van der Waals surface area contributed by atoms with E-state index in [1.165, 1.54) is 37.9 Å². The maximum absolute atomic E-state index is 11.7. The molecule has 0 aromatic rings. The zero-order valence-electron chi connectivity index (χ0n) is 15.0. The van der Waals surface area contributed by atoms with Crippen molar-refractivity contribution < 1.29 is 4.79 Å². The fourth-order valence-electron chi connectivity index (χ4n) is 3.78. The minimum Gasteiger partial charge on any atom is -0.357 e. The average molecular weight is 353 g/mol. The molecule has 24 heavy (non-hydrogen) atoms. The summed E-state index contributed by atoms with van der Waals surface area (Å²) in [5.74, 6) is 2.73. The first-order valence-electron chi connectivity index (χ1n) is 9.67. The predicted molar refractivity (Wildman–Crippen MR) is 102 cm³/mol. The number of carbonyl (C=O) groups excluding carboxylic acids is 1. The van der Waals surface area contributed by atoms with E-state index in [9.17, 15) is 4.79 Å². The number of nitrogens with one attached hydrogen (secondary N) is 2. The van der Waals surface area contributed by atoms with Crippen molar-refractivity contribution in [2.45, 2.75) is 56.6 Å². The number of hydrogen-bond acceptors (Lipinski definition) is 3. The molecule has 1 amide bonds. The van der Waals surface area contributed by atoms with Crippen molar-refractivity contribution in [3.8, 4) is 0 Å². The Labute approximate surface area is 150 Å². The zero-order valence-corrected chi connectivity index (χ0v) is 15.8. The molecule has 1 saturated heterocycles. The first kappa shape index (κ1) is 17.9. The minimum absolute atomic E-state index is 0.214. The molecule has 6 heteroatoms. The second-order valence-electron chi connectivity index (χ2n) is 7.31. The van der Waals surface area contributed by atoms with E-state index in [0.717, 1.165) is 38.4 Å². The molecule has 0 bridgehead atoms. The van der Waals surface area contributed by atoms with Gasteiger partial charge in [-0.1, -0.05) is 19.3 Å². The van der Waals surface area contributed by atoms with Crippen LogP contribution in [-0.4, -0.2) is 60.0 Å². The van der Waals surface area contributed by atoms with E-state index in [4.69, 9.17) is 4.99 Å². The van der Waals surface area contributed by atoms with Crippen LogP contribution in [0.1, 0.15) is 51.9 Å². The molecule has 1 aliphatic heterocycles. The standard InChI is InChI=1S/C18H32N4OS/c1-2-19-17(21-11-10-20-16(23)15-6-7-15)22-12-13-24-18(14-22)8-4-3-5-9-18/h15H,2-14H2,1H3,(H,19,21)(H,20,23). The summed E-state index contributed by atoms with van der Waals surface area (Å²) >= 11 is 2.19. The lowest BCUT2D eigenvalue weighted by Crippen LogP contribution is -2.53. The van der Waals surface area contributed by atoms with Crippen LogP contribution in [0.25, 0.3) is 0 Å². The number of rotatable bonds is 5. The maximum atomic E-state index is 11.7. The van der Waals surface area contributed by atoms with E-state index in [1.807, 2.05) is 0 Å². The Hall–Kier alpha value is -0.910. The molecule has 3 rings (SSSR count). The van der Waals surface area contributed by atoms with E-state index in [-0.39, 0.29) is 11.8 Å². The number of aliphatic imine (C=N–C) groups is 1. The first-order valence-corrected chi connectivity index (χ1v) is 10.7. The lowest BCUT2D eigenvalue weighted by Gasteiger charge is -2.45. The van der Waals surface area contributed by atoms with Crippen LogP contribution < -0.4 is 10.6 Å². The SMILES string of the molecule is CCNC(=NCCNC(=O)C1CC1)N1CCSC2(CCCCC2)C1. The third-order valence-electron chi connectivity index (χ3n) is 5.27. The summed E-state index contributed by atoms with van der Waals surface area (Å²) in [4.78, 5) is 18.9. The molecular formula is C18H32N4OS. The van der Waals surface area contributed by atoms with Crippen molar-refractivity contribution in [1.82, 2.24) is 15.5 Å². The van der Waals surface area contributed by atoms with Gasteiger partial charge in [-0.3, -0.25) is 9.79 Å². The lowest BCUT2D eigenvalue weighted by atomic mass is 9.87. The number of amides is 1. The van der Waals surface area contributed by atoms with E-state index in [2.05, 4.69) is 34.2 Å². The molecule has 1 heterocycles. The Bertz CT molecular complexity index is 452. The van der Waals surface area contributed by atoms with Gasteiger partial charge in [0.1, 0.15) is 0 Å². The molecule has 0 unspecified atom stereocenters. The Morgan fingerprint density at radius 3 is 2.75 bits per heavy atom. The summed E-state index contributed by atoms with van der Waals surface area (Å²) in [5, 5.41) is 6.46. The summed E-state index contributed by atoms with van der Waals surface area (Å²) in [5.41, 5.74) is 0. The number of thioether (sulfide) groups is 1. The van der Waals surface area contributed by atoms with Gasteiger partial charge in [0.05, 0.1) is 6.54 Å². The van der Waals surface area contributed by atoms with Crippen LogP contribution in [0.2, 0.25) is 0 Å². The molecule has 2 aliphatic carbocycles. The van der Waals surface area contributed by atoms with E-state index in [1.54, 1.807) is 0 Å². The van der Waals surface area contributed by atoms with Crippen molar-refractivity contribution in [3.05, 3.63) is 0 Å². The molecule has 3 aliphatic rings. The highest BCUT2D eigenvalue weighted by atomic mass is 32.2. The smallest absolute Gasteiger partial charge is 0.223 e. The van der Waals surface area contributed by atoms with Crippen LogP contribution in [0.5, 0.6) is 0 Å². The first-order chi connectivity index (χ1) is 11.7. The van der Waals surface area contributed by atoms with Gasteiger partial charge in [0.25, 0.3) is 0 Å². The topological polar surface area (TPSA) is 56.7 Å². The molecule has 3 fully saturated rings. The van der Waals surface area contributed by atoms with Crippen molar-refractivity contribution in [1.29, 1.82) is 0 Å². The Morgan fingerprint density at radius 1 is 1.25 bits per heavy atom. The summed E-state index contributed by atoms with van der Waals surface area (Å²) < 4.78 is 0.451. The van der Waals surface area contributed by atoms with Gasteiger partial charge in [0.2, 0.25) is 5.91 Å². The molecule has 136 valence electrons. The van der Waals surface area contributed by atoms with Gasteiger partial charge in [-0.05, 0) is 32.6 Å². The number of nitrogens with zero attached hydrogens (tertiary/aromatic N) is 2. The van der Waals surface area contributed by atoms with Crippen LogP contribution in [0.3, 0.4) is 0 Å².